The molecule has 2 heterocycles. The maximum atomic E-state index is 9.41. The summed E-state index contributed by atoms with van der Waals surface area (Å²) in [4.78, 5) is 5.77. The number of aliphatic hydroxyl groups excluding tert-OH is 1. The molecule has 2 rings (SSSR count). The lowest BCUT2D eigenvalue weighted by Gasteiger charge is -2.15. The average molecular weight is 230 g/mol. The summed E-state index contributed by atoms with van der Waals surface area (Å²) in [5, 5.41) is 12.3. The van der Waals surface area contributed by atoms with E-state index in [2.05, 4.69) is 26.2 Å². The highest BCUT2D eigenvalue weighted by Gasteiger charge is 2.25. The van der Waals surface area contributed by atoms with Gasteiger partial charge in [0.25, 0.3) is 0 Å². The van der Waals surface area contributed by atoms with Crippen molar-refractivity contribution in [2.24, 2.45) is 0 Å². The summed E-state index contributed by atoms with van der Waals surface area (Å²) in [6.07, 6.45) is 1.04. The van der Waals surface area contributed by atoms with Crippen LogP contribution in [-0.4, -0.2) is 23.5 Å². The van der Waals surface area contributed by atoms with Gasteiger partial charge in [0.05, 0.1) is 11.4 Å². The lowest BCUT2D eigenvalue weighted by Crippen LogP contribution is -2.31. The highest BCUT2D eigenvalue weighted by Crippen LogP contribution is 2.36. The number of halogens is 1. The van der Waals surface area contributed by atoms with Gasteiger partial charge in [-0.15, -0.1) is 0 Å². The minimum Gasteiger partial charge on any atom is -0.356 e. The Kier molecular flexibility index (Phi) is 1.69. The van der Waals surface area contributed by atoms with Gasteiger partial charge < -0.3 is 15.3 Å². The van der Waals surface area contributed by atoms with Gasteiger partial charge in [-0.1, -0.05) is 0 Å². The van der Waals surface area contributed by atoms with E-state index < -0.39 is 6.35 Å². The van der Waals surface area contributed by atoms with E-state index in [1.165, 1.54) is 0 Å². The predicted octanol–water partition coefficient (Wildman–Crippen LogP) is 0.982. The molecule has 0 spiro atoms. The van der Waals surface area contributed by atoms with E-state index in [9.17, 15) is 5.11 Å². The summed E-state index contributed by atoms with van der Waals surface area (Å²) in [5.74, 6) is 0. The largest absolute Gasteiger partial charge is 0.356 e. The molecular weight excluding hydrogens is 222 g/mol. The predicted molar refractivity (Wildman–Crippen MR) is 50.0 cm³/mol. The summed E-state index contributed by atoms with van der Waals surface area (Å²) in [7, 11) is 1.82. The van der Waals surface area contributed by atoms with E-state index in [4.69, 9.17) is 0 Å². The fourth-order valence-corrected chi connectivity index (χ4v) is 1.65. The molecule has 64 valence electrons. The molecule has 2 N–H and O–H groups in total. The number of fused-ring (bicyclic) bond motifs is 1. The Balaban J connectivity index is 2.53. The van der Waals surface area contributed by atoms with Crippen LogP contribution in [0.5, 0.6) is 0 Å². The molecule has 0 aromatic carbocycles. The van der Waals surface area contributed by atoms with Crippen molar-refractivity contribution >= 4 is 27.3 Å². The topological polar surface area (TPSA) is 48.4 Å². The van der Waals surface area contributed by atoms with Crippen LogP contribution in [0.25, 0.3) is 0 Å². The highest BCUT2D eigenvalue weighted by atomic mass is 79.9. The number of aromatic nitrogens is 1. The van der Waals surface area contributed by atoms with E-state index in [0.717, 1.165) is 16.0 Å². The van der Waals surface area contributed by atoms with Crippen molar-refractivity contribution in [2.45, 2.75) is 6.35 Å². The van der Waals surface area contributed by atoms with E-state index >= 15 is 0 Å². The smallest absolute Gasteiger partial charge is 0.205 e. The molecule has 0 fully saturated rings. The number of nitrogens with one attached hydrogen (secondary N) is 1. The van der Waals surface area contributed by atoms with Crippen LogP contribution in [0.1, 0.15) is 0 Å². The zero-order valence-corrected chi connectivity index (χ0v) is 8.04. The fraction of sp³-hybridized carbons (Fsp3) is 0.286. The van der Waals surface area contributed by atoms with Gasteiger partial charge in [-0.25, -0.2) is 4.98 Å². The van der Waals surface area contributed by atoms with Crippen LogP contribution >= 0.6 is 15.9 Å². The maximum Gasteiger partial charge on any atom is 0.205 e. The third-order valence-electron chi connectivity index (χ3n) is 1.90. The first-order valence-corrected chi connectivity index (χ1v) is 4.31. The zero-order chi connectivity index (χ0) is 8.72. The Morgan fingerprint density at radius 1 is 1.75 bits per heavy atom. The normalized spacial score (nSPS) is 20.6. The number of hydrogen-bond acceptors (Lipinski definition) is 4. The first-order valence-electron chi connectivity index (χ1n) is 3.52. The average Bonchev–Trinajstić information content (AvgIpc) is 2.32. The molecule has 5 heteroatoms. The molecule has 0 amide bonds. The Bertz CT molecular complexity index is 318. The quantitative estimate of drug-likeness (QED) is 0.652. The Morgan fingerprint density at radius 2 is 2.50 bits per heavy atom. The molecule has 0 saturated carbocycles. The minimum atomic E-state index is -0.652. The van der Waals surface area contributed by atoms with Crippen LogP contribution in [0.4, 0.5) is 11.4 Å². The molecular formula is C7H8BrN3O. The van der Waals surface area contributed by atoms with Crippen LogP contribution in [0.2, 0.25) is 0 Å². The molecule has 1 aliphatic heterocycles. The van der Waals surface area contributed by atoms with Crippen molar-refractivity contribution in [3.63, 3.8) is 0 Å². The lowest BCUT2D eigenvalue weighted by molar-refractivity contribution is 0.210. The summed E-state index contributed by atoms with van der Waals surface area (Å²) in [6, 6.07) is 1.85. The van der Waals surface area contributed by atoms with Gasteiger partial charge in [-0.3, -0.25) is 0 Å². The molecule has 1 aromatic heterocycles. The highest BCUT2D eigenvalue weighted by molar-refractivity contribution is 9.10. The molecule has 12 heavy (non-hydrogen) atoms. The second kappa shape index (κ2) is 2.60. The van der Waals surface area contributed by atoms with Crippen LogP contribution in [0.3, 0.4) is 0 Å². The summed E-state index contributed by atoms with van der Waals surface area (Å²) >= 11 is 3.29. The molecule has 4 nitrogen and oxygen atoms in total. The maximum absolute atomic E-state index is 9.41. The minimum absolute atomic E-state index is 0.652. The van der Waals surface area contributed by atoms with E-state index in [1.807, 2.05) is 13.1 Å². The molecule has 1 atom stereocenters. The lowest BCUT2D eigenvalue weighted by atomic mass is 10.3. The molecule has 0 saturated heterocycles. The van der Waals surface area contributed by atoms with E-state index in [-0.39, 0.29) is 0 Å². The molecule has 1 aromatic rings. The van der Waals surface area contributed by atoms with Crippen LogP contribution < -0.4 is 10.2 Å². The molecule has 0 radical (unpaired) electrons. The number of nitrogens with zero attached hydrogens (tertiary/aromatic N) is 2. The summed E-state index contributed by atoms with van der Waals surface area (Å²) < 4.78 is 0.725. The van der Waals surface area contributed by atoms with Gasteiger partial charge in [0, 0.05) is 13.2 Å². The first-order chi connectivity index (χ1) is 5.70. The summed E-state index contributed by atoms with van der Waals surface area (Å²) in [6.45, 7) is 0. The van der Waals surface area contributed by atoms with Crippen molar-refractivity contribution in [3.8, 4) is 0 Å². The monoisotopic (exact) mass is 229 g/mol. The molecule has 0 aliphatic carbocycles. The van der Waals surface area contributed by atoms with Crippen LogP contribution in [0, 0.1) is 0 Å². The van der Waals surface area contributed by atoms with Crippen LogP contribution in [0.15, 0.2) is 16.9 Å². The second-order valence-electron chi connectivity index (χ2n) is 2.62. The number of aliphatic hydroxyl groups is 1. The molecule has 1 unspecified atom stereocenters. The number of anilines is 2. The van der Waals surface area contributed by atoms with Crippen molar-refractivity contribution in [3.05, 3.63) is 16.9 Å². The van der Waals surface area contributed by atoms with Gasteiger partial charge in [-0.05, 0) is 22.0 Å². The SMILES string of the molecule is CN1c2ccnc(Br)c2NC1O. The van der Waals surface area contributed by atoms with Crippen molar-refractivity contribution in [2.75, 3.05) is 17.3 Å². The van der Waals surface area contributed by atoms with Crippen molar-refractivity contribution < 1.29 is 5.11 Å². The van der Waals surface area contributed by atoms with Crippen molar-refractivity contribution in [1.82, 2.24) is 4.98 Å². The zero-order valence-electron chi connectivity index (χ0n) is 6.45. The van der Waals surface area contributed by atoms with Gasteiger partial charge in [0.2, 0.25) is 6.35 Å². The molecule has 1 aliphatic rings. The Hall–Kier alpha value is -0.810. The standard InChI is InChI=1S/C7H8BrN3O/c1-11-4-2-3-9-6(8)5(4)10-7(11)12/h2-3,7,10,12H,1H3. The first kappa shape index (κ1) is 7.82. The third kappa shape index (κ3) is 0.971. The Morgan fingerprint density at radius 3 is 3.17 bits per heavy atom. The van der Waals surface area contributed by atoms with Crippen LogP contribution in [-0.2, 0) is 0 Å². The Labute approximate surface area is 78.3 Å². The van der Waals surface area contributed by atoms with Gasteiger partial charge in [-0.2, -0.15) is 0 Å². The number of rotatable bonds is 0. The second-order valence-corrected chi connectivity index (χ2v) is 3.38. The fourth-order valence-electron chi connectivity index (χ4n) is 1.21. The van der Waals surface area contributed by atoms with E-state index in [0.29, 0.717) is 0 Å². The third-order valence-corrected chi connectivity index (χ3v) is 2.50. The van der Waals surface area contributed by atoms with Gasteiger partial charge in [0.1, 0.15) is 4.60 Å². The van der Waals surface area contributed by atoms with Gasteiger partial charge in [0.15, 0.2) is 0 Å². The van der Waals surface area contributed by atoms with E-state index in [1.54, 1.807) is 11.1 Å². The number of pyridine rings is 1. The summed E-state index contributed by atoms with van der Waals surface area (Å²) in [5.41, 5.74) is 1.79. The molecule has 0 bridgehead atoms. The van der Waals surface area contributed by atoms with Crippen molar-refractivity contribution in [1.29, 1.82) is 0 Å². The van der Waals surface area contributed by atoms with Gasteiger partial charge >= 0.3 is 0 Å². The number of hydrogen-bond donors (Lipinski definition) is 2.